The maximum absolute atomic E-state index is 12.9. The predicted octanol–water partition coefficient (Wildman–Crippen LogP) is 0.458. The highest BCUT2D eigenvalue weighted by Crippen LogP contribution is 2.15. The van der Waals surface area contributed by atoms with Gasteiger partial charge in [0.1, 0.15) is 12.4 Å². The third-order valence-corrected chi connectivity index (χ3v) is 2.86. The summed E-state index contributed by atoms with van der Waals surface area (Å²) < 4.78 is 27.6. The summed E-state index contributed by atoms with van der Waals surface area (Å²) in [5.41, 5.74) is 0.337. The van der Waals surface area contributed by atoms with Gasteiger partial charge in [-0.2, -0.15) is 4.68 Å². The first-order valence-electron chi connectivity index (χ1n) is 7.35. The minimum Gasteiger partial charge on any atom is -0.454 e. The van der Waals surface area contributed by atoms with E-state index in [2.05, 4.69) is 14.6 Å². The van der Waals surface area contributed by atoms with Crippen LogP contribution in [0.2, 0.25) is 0 Å². The monoisotopic (exact) mass is 367 g/mol. The lowest BCUT2D eigenvalue weighted by Gasteiger charge is -2.05. The van der Waals surface area contributed by atoms with Crippen LogP contribution < -0.4 is 11.1 Å². The maximum atomic E-state index is 12.9. The first-order valence-corrected chi connectivity index (χ1v) is 7.35. The zero-order valence-electron chi connectivity index (χ0n) is 13.6. The van der Waals surface area contributed by atoms with Gasteiger partial charge in [0.15, 0.2) is 6.61 Å². The number of rotatable bonds is 6. The minimum atomic E-state index is -0.967. The molecule has 11 heteroatoms. The molecule has 1 heterocycles. The number of ether oxygens (including phenoxy) is 2. The largest absolute Gasteiger partial charge is 0.454 e. The Hall–Kier alpha value is -3.50. The molecule has 0 saturated heterocycles. The Bertz CT molecular complexity index is 857. The van der Waals surface area contributed by atoms with E-state index in [1.807, 2.05) is 5.32 Å². The Morgan fingerprint density at radius 3 is 2.58 bits per heavy atom. The third-order valence-electron chi connectivity index (χ3n) is 2.86. The van der Waals surface area contributed by atoms with Crippen molar-refractivity contribution in [3.8, 4) is 11.5 Å². The van der Waals surface area contributed by atoms with Crippen molar-refractivity contribution in [3.05, 3.63) is 40.6 Å². The van der Waals surface area contributed by atoms with E-state index in [0.717, 1.165) is 12.1 Å². The molecule has 138 valence electrons. The number of aromatic nitrogens is 2. The number of halogens is 1. The minimum absolute atomic E-state index is 0.0738. The molecule has 0 aliphatic carbocycles. The van der Waals surface area contributed by atoms with Gasteiger partial charge in [0, 0.05) is 5.56 Å². The van der Waals surface area contributed by atoms with Gasteiger partial charge in [-0.25, -0.2) is 14.0 Å². The number of hydrogen-bond donors (Lipinski definition) is 1. The van der Waals surface area contributed by atoms with E-state index in [1.54, 1.807) is 6.92 Å². The van der Waals surface area contributed by atoms with Crippen LogP contribution in [-0.2, 0) is 25.6 Å². The summed E-state index contributed by atoms with van der Waals surface area (Å²) in [7, 11) is 0. The number of nitrogens with zero attached hydrogens (tertiary/aromatic N) is 2. The van der Waals surface area contributed by atoms with Crippen LogP contribution in [0.4, 0.5) is 9.18 Å². The van der Waals surface area contributed by atoms with Crippen molar-refractivity contribution in [2.45, 2.75) is 13.5 Å². The zero-order valence-corrected chi connectivity index (χ0v) is 13.6. The number of hydrogen-bond acceptors (Lipinski definition) is 8. The Kier molecular flexibility index (Phi) is 6.20. The Balaban J connectivity index is 1.91. The quantitative estimate of drug-likeness (QED) is 0.729. The Labute approximate surface area is 145 Å². The second-order valence-electron chi connectivity index (χ2n) is 4.77. The lowest BCUT2D eigenvalue weighted by atomic mass is 10.2. The third kappa shape index (κ3) is 5.26. The van der Waals surface area contributed by atoms with Gasteiger partial charge in [-0.3, -0.25) is 14.9 Å². The van der Waals surface area contributed by atoms with Crippen molar-refractivity contribution in [1.29, 1.82) is 0 Å². The smallest absolute Gasteiger partial charge is 0.437 e. The van der Waals surface area contributed by atoms with Crippen LogP contribution in [0.5, 0.6) is 0 Å². The molecule has 0 saturated carbocycles. The van der Waals surface area contributed by atoms with Crippen LogP contribution in [0.1, 0.15) is 6.92 Å². The molecular formula is C15H14FN3O7. The van der Waals surface area contributed by atoms with Crippen LogP contribution >= 0.6 is 0 Å². The lowest BCUT2D eigenvalue weighted by Crippen LogP contribution is -2.35. The molecule has 0 atom stereocenters. The molecule has 10 nitrogen and oxygen atoms in total. The molecule has 2 aromatic rings. The molecule has 26 heavy (non-hydrogen) atoms. The lowest BCUT2D eigenvalue weighted by molar-refractivity contribution is -0.149. The van der Waals surface area contributed by atoms with Gasteiger partial charge in [-0.15, -0.1) is 5.10 Å². The average molecular weight is 367 g/mol. The number of nitrogens with one attached hydrogen (secondary N) is 1. The Morgan fingerprint density at radius 1 is 1.23 bits per heavy atom. The zero-order chi connectivity index (χ0) is 19.1. The van der Waals surface area contributed by atoms with E-state index < -0.39 is 42.7 Å². The first-order chi connectivity index (χ1) is 12.4. The molecule has 0 spiro atoms. The van der Waals surface area contributed by atoms with Crippen molar-refractivity contribution in [1.82, 2.24) is 15.1 Å². The molecule has 0 bridgehead atoms. The molecule has 0 aliphatic rings. The number of amides is 2. The van der Waals surface area contributed by atoms with Gasteiger partial charge in [-0.1, -0.05) is 0 Å². The second-order valence-corrected chi connectivity index (χ2v) is 4.77. The molecule has 0 unspecified atom stereocenters. The van der Waals surface area contributed by atoms with Crippen LogP contribution in [0, 0.1) is 5.82 Å². The van der Waals surface area contributed by atoms with Crippen LogP contribution in [0.3, 0.4) is 0 Å². The molecule has 0 radical (unpaired) electrons. The average Bonchev–Trinajstić information content (AvgIpc) is 2.94. The molecule has 0 fully saturated rings. The van der Waals surface area contributed by atoms with E-state index in [9.17, 15) is 23.6 Å². The highest BCUT2D eigenvalue weighted by atomic mass is 19.1. The van der Waals surface area contributed by atoms with E-state index in [-0.39, 0.29) is 12.5 Å². The molecule has 0 aliphatic heterocycles. The second kappa shape index (κ2) is 8.55. The summed E-state index contributed by atoms with van der Waals surface area (Å²) in [6.45, 7) is 0.273. The van der Waals surface area contributed by atoms with E-state index in [0.29, 0.717) is 10.2 Å². The van der Waals surface area contributed by atoms with Gasteiger partial charge in [-0.05, 0) is 31.2 Å². The fourth-order valence-corrected chi connectivity index (χ4v) is 1.75. The van der Waals surface area contributed by atoms with Gasteiger partial charge in [0.2, 0.25) is 5.89 Å². The predicted molar refractivity (Wildman–Crippen MR) is 82.3 cm³/mol. The fraction of sp³-hybridized carbons (Fsp3) is 0.267. The number of carbonyl (C=O) groups is 3. The molecule has 2 rings (SSSR count). The number of benzene rings is 1. The fourth-order valence-electron chi connectivity index (χ4n) is 1.75. The van der Waals surface area contributed by atoms with Gasteiger partial charge in [0.05, 0.1) is 6.61 Å². The van der Waals surface area contributed by atoms with E-state index in [4.69, 9.17) is 4.42 Å². The maximum Gasteiger partial charge on any atom is 0.437 e. The number of alkyl carbamates (subject to hydrolysis) is 1. The van der Waals surface area contributed by atoms with E-state index in [1.165, 1.54) is 12.1 Å². The van der Waals surface area contributed by atoms with Gasteiger partial charge >= 0.3 is 17.8 Å². The number of esters is 1. The number of imide groups is 1. The molecular weight excluding hydrogens is 353 g/mol. The summed E-state index contributed by atoms with van der Waals surface area (Å²) in [6, 6.07) is 5.02. The van der Waals surface area contributed by atoms with Crippen LogP contribution in [0.15, 0.2) is 33.5 Å². The molecule has 1 aromatic carbocycles. The highest BCUT2D eigenvalue weighted by Gasteiger charge is 2.16. The molecule has 2 amide bonds. The topological polar surface area (TPSA) is 130 Å². The SMILES string of the molecule is CCOC(=O)NC(=O)COC(=O)Cn1nc(-c2ccc(F)cc2)oc1=O. The van der Waals surface area contributed by atoms with Crippen molar-refractivity contribution in [2.24, 2.45) is 0 Å². The van der Waals surface area contributed by atoms with Crippen molar-refractivity contribution >= 4 is 18.0 Å². The standard InChI is InChI=1S/C15H14FN3O7/c1-2-24-14(22)17-11(20)8-25-12(21)7-19-15(23)26-13(18-19)9-3-5-10(16)6-4-9/h3-6H,2,7-8H2,1H3,(H,17,20,22). The van der Waals surface area contributed by atoms with E-state index >= 15 is 0 Å². The summed E-state index contributed by atoms with van der Waals surface area (Å²) in [5.74, 6) is -3.36. The van der Waals surface area contributed by atoms with Gasteiger partial charge in [0.25, 0.3) is 5.91 Å². The molecule has 1 aromatic heterocycles. The normalized spacial score (nSPS) is 10.2. The Morgan fingerprint density at radius 2 is 1.92 bits per heavy atom. The summed E-state index contributed by atoms with van der Waals surface area (Å²) >= 11 is 0. The van der Waals surface area contributed by atoms with Crippen molar-refractivity contribution in [2.75, 3.05) is 13.2 Å². The van der Waals surface area contributed by atoms with Crippen LogP contribution in [0.25, 0.3) is 11.5 Å². The van der Waals surface area contributed by atoms with Gasteiger partial charge < -0.3 is 13.9 Å². The molecule has 1 N–H and O–H groups in total. The first kappa shape index (κ1) is 18.8. The summed E-state index contributed by atoms with van der Waals surface area (Å²) in [5, 5.41) is 5.62. The van der Waals surface area contributed by atoms with Crippen molar-refractivity contribution in [3.63, 3.8) is 0 Å². The van der Waals surface area contributed by atoms with Crippen LogP contribution in [-0.4, -0.2) is 41.0 Å². The summed E-state index contributed by atoms with van der Waals surface area (Å²) in [4.78, 5) is 45.7. The van der Waals surface area contributed by atoms with Crippen molar-refractivity contribution < 1.29 is 32.7 Å². The number of carbonyl (C=O) groups excluding carboxylic acids is 3. The summed E-state index contributed by atoms with van der Waals surface area (Å²) in [6.07, 6.45) is -0.967. The highest BCUT2D eigenvalue weighted by molar-refractivity contribution is 5.93.